The van der Waals surface area contributed by atoms with Gasteiger partial charge >= 0.3 is 0 Å². The van der Waals surface area contributed by atoms with Gasteiger partial charge in [-0.2, -0.15) is 0 Å². The molecular formula is C17H13BrFNO. The Morgan fingerprint density at radius 2 is 1.86 bits per heavy atom. The molecule has 0 unspecified atom stereocenters. The van der Waals surface area contributed by atoms with Crippen LogP contribution in [-0.2, 0) is 11.9 Å². The summed E-state index contributed by atoms with van der Waals surface area (Å²) in [5.74, 6) is -0.0722. The van der Waals surface area contributed by atoms with Gasteiger partial charge in [0.05, 0.1) is 11.2 Å². The molecule has 0 aliphatic heterocycles. The number of hydrogen-bond donors (Lipinski definition) is 0. The molecule has 0 spiro atoms. The van der Waals surface area contributed by atoms with Crippen molar-refractivity contribution in [1.29, 1.82) is 0 Å². The minimum atomic E-state index is -0.354. The summed E-state index contributed by atoms with van der Waals surface area (Å²) in [5, 5.41) is 1.62. The second-order valence-electron chi connectivity index (χ2n) is 4.65. The average molecular weight is 346 g/mol. The Morgan fingerprint density at radius 1 is 1.00 bits per heavy atom. The van der Waals surface area contributed by atoms with E-state index in [0.717, 1.165) is 22.2 Å². The lowest BCUT2D eigenvalue weighted by Gasteiger charge is -2.11. The SMILES string of the molecule is Fc1cccc(CBr)c1OCc1ccc2ccccc2n1. The summed E-state index contributed by atoms with van der Waals surface area (Å²) in [7, 11) is 0. The van der Waals surface area contributed by atoms with E-state index in [9.17, 15) is 4.39 Å². The summed E-state index contributed by atoms with van der Waals surface area (Å²) in [4.78, 5) is 4.52. The quantitative estimate of drug-likeness (QED) is 0.630. The highest BCUT2D eigenvalue weighted by molar-refractivity contribution is 9.08. The first kappa shape index (κ1) is 14.0. The minimum Gasteiger partial charge on any atom is -0.484 e. The van der Waals surface area contributed by atoms with Crippen molar-refractivity contribution in [2.45, 2.75) is 11.9 Å². The molecule has 0 N–H and O–H groups in total. The lowest BCUT2D eigenvalue weighted by molar-refractivity contribution is 0.284. The van der Waals surface area contributed by atoms with Crippen LogP contribution in [0.3, 0.4) is 0 Å². The van der Waals surface area contributed by atoms with E-state index < -0.39 is 0 Å². The van der Waals surface area contributed by atoms with Crippen molar-refractivity contribution in [3.8, 4) is 5.75 Å². The topological polar surface area (TPSA) is 22.1 Å². The zero-order valence-corrected chi connectivity index (χ0v) is 12.8. The van der Waals surface area contributed by atoms with Crippen LogP contribution in [0.25, 0.3) is 10.9 Å². The van der Waals surface area contributed by atoms with E-state index in [1.807, 2.05) is 42.5 Å². The van der Waals surface area contributed by atoms with Crippen LogP contribution in [0.5, 0.6) is 5.75 Å². The normalized spacial score (nSPS) is 10.8. The molecule has 0 saturated carbocycles. The Morgan fingerprint density at radius 3 is 2.71 bits per heavy atom. The monoisotopic (exact) mass is 345 g/mol. The van der Waals surface area contributed by atoms with E-state index in [2.05, 4.69) is 20.9 Å². The third-order valence-electron chi connectivity index (χ3n) is 3.21. The van der Waals surface area contributed by atoms with Gasteiger partial charge < -0.3 is 4.74 Å². The summed E-state index contributed by atoms with van der Waals surface area (Å²) >= 11 is 3.34. The first-order valence-corrected chi connectivity index (χ1v) is 7.71. The number of aromatic nitrogens is 1. The maximum Gasteiger partial charge on any atom is 0.165 e. The van der Waals surface area contributed by atoms with Crippen LogP contribution in [0.2, 0.25) is 0 Å². The predicted molar refractivity (Wildman–Crippen MR) is 85.1 cm³/mol. The molecule has 0 fully saturated rings. The summed E-state index contributed by atoms with van der Waals surface area (Å²) in [6.45, 7) is 0.242. The van der Waals surface area contributed by atoms with Gasteiger partial charge in [-0.05, 0) is 18.2 Å². The second kappa shape index (κ2) is 6.22. The van der Waals surface area contributed by atoms with Crippen LogP contribution in [0, 0.1) is 5.82 Å². The van der Waals surface area contributed by atoms with Gasteiger partial charge in [-0.25, -0.2) is 9.37 Å². The van der Waals surface area contributed by atoms with Crippen molar-refractivity contribution in [3.05, 3.63) is 71.7 Å². The van der Waals surface area contributed by atoms with Crippen molar-refractivity contribution in [1.82, 2.24) is 4.98 Å². The minimum absolute atomic E-state index is 0.242. The maximum atomic E-state index is 13.8. The summed E-state index contributed by atoms with van der Waals surface area (Å²) in [5.41, 5.74) is 2.47. The number of alkyl halides is 1. The largest absolute Gasteiger partial charge is 0.484 e. The van der Waals surface area contributed by atoms with Crippen molar-refractivity contribution in [2.24, 2.45) is 0 Å². The zero-order valence-electron chi connectivity index (χ0n) is 11.2. The van der Waals surface area contributed by atoms with Crippen LogP contribution < -0.4 is 4.74 Å². The fourth-order valence-electron chi connectivity index (χ4n) is 2.16. The van der Waals surface area contributed by atoms with Crippen molar-refractivity contribution < 1.29 is 9.13 Å². The van der Waals surface area contributed by atoms with Crippen LogP contribution >= 0.6 is 15.9 Å². The first-order valence-electron chi connectivity index (χ1n) is 6.59. The van der Waals surface area contributed by atoms with Gasteiger partial charge in [0.2, 0.25) is 0 Å². The number of pyridine rings is 1. The molecule has 21 heavy (non-hydrogen) atoms. The van der Waals surface area contributed by atoms with E-state index in [0.29, 0.717) is 5.33 Å². The van der Waals surface area contributed by atoms with Crippen molar-refractivity contribution >= 4 is 26.8 Å². The van der Waals surface area contributed by atoms with Gasteiger partial charge in [-0.15, -0.1) is 0 Å². The summed E-state index contributed by atoms with van der Waals surface area (Å²) < 4.78 is 19.5. The fourth-order valence-corrected chi connectivity index (χ4v) is 2.60. The molecule has 2 aromatic carbocycles. The maximum absolute atomic E-state index is 13.8. The number of ether oxygens (including phenoxy) is 1. The first-order chi connectivity index (χ1) is 10.3. The van der Waals surface area contributed by atoms with Crippen LogP contribution in [0.4, 0.5) is 4.39 Å². The van der Waals surface area contributed by atoms with Gasteiger partial charge in [-0.1, -0.05) is 52.3 Å². The van der Waals surface area contributed by atoms with Crippen molar-refractivity contribution in [2.75, 3.05) is 0 Å². The molecule has 0 aliphatic carbocycles. The van der Waals surface area contributed by atoms with E-state index in [4.69, 9.17) is 4.74 Å². The molecule has 3 rings (SSSR count). The number of halogens is 2. The molecule has 2 nitrogen and oxygen atoms in total. The number of fused-ring (bicyclic) bond motifs is 1. The molecule has 0 amide bonds. The standard InChI is InChI=1S/C17H13BrFNO/c18-10-13-5-3-6-15(19)17(13)21-11-14-9-8-12-4-1-2-7-16(12)20-14/h1-9H,10-11H2. The Bertz CT molecular complexity index is 776. The molecule has 0 atom stereocenters. The molecule has 0 radical (unpaired) electrons. The predicted octanol–water partition coefficient (Wildman–Crippen LogP) is 4.85. The highest BCUT2D eigenvalue weighted by Gasteiger charge is 2.09. The third kappa shape index (κ3) is 3.05. The lowest BCUT2D eigenvalue weighted by Crippen LogP contribution is -2.02. The molecular weight excluding hydrogens is 333 g/mol. The average Bonchev–Trinajstić information content (AvgIpc) is 2.53. The van der Waals surface area contributed by atoms with Crippen LogP contribution in [-0.4, -0.2) is 4.98 Å². The Kier molecular flexibility index (Phi) is 4.15. The molecule has 1 aromatic heterocycles. The van der Waals surface area contributed by atoms with Gasteiger partial charge in [0.1, 0.15) is 6.61 Å². The molecule has 106 valence electrons. The lowest BCUT2D eigenvalue weighted by atomic mass is 10.2. The Labute approximate surface area is 130 Å². The second-order valence-corrected chi connectivity index (χ2v) is 5.21. The highest BCUT2D eigenvalue weighted by atomic mass is 79.9. The molecule has 0 saturated heterocycles. The fraction of sp³-hybridized carbons (Fsp3) is 0.118. The number of para-hydroxylation sites is 2. The van der Waals surface area contributed by atoms with Gasteiger partial charge in [0.15, 0.2) is 11.6 Å². The van der Waals surface area contributed by atoms with E-state index in [1.54, 1.807) is 6.07 Å². The number of rotatable bonds is 4. The number of benzene rings is 2. The van der Waals surface area contributed by atoms with Crippen LogP contribution in [0.1, 0.15) is 11.3 Å². The number of hydrogen-bond acceptors (Lipinski definition) is 2. The molecule has 4 heteroatoms. The third-order valence-corrected chi connectivity index (χ3v) is 3.82. The van der Waals surface area contributed by atoms with Gasteiger partial charge in [-0.3, -0.25) is 0 Å². The summed E-state index contributed by atoms with van der Waals surface area (Å²) in [6.07, 6.45) is 0. The zero-order chi connectivity index (χ0) is 14.7. The van der Waals surface area contributed by atoms with Gasteiger partial charge in [0, 0.05) is 16.3 Å². The molecule has 3 aromatic rings. The van der Waals surface area contributed by atoms with E-state index in [-0.39, 0.29) is 18.2 Å². The van der Waals surface area contributed by atoms with Gasteiger partial charge in [0.25, 0.3) is 0 Å². The Hall–Kier alpha value is -1.94. The summed E-state index contributed by atoms with van der Waals surface area (Å²) in [6, 6.07) is 16.7. The van der Waals surface area contributed by atoms with E-state index >= 15 is 0 Å². The smallest absolute Gasteiger partial charge is 0.165 e. The highest BCUT2D eigenvalue weighted by Crippen LogP contribution is 2.25. The molecule has 1 heterocycles. The molecule has 0 aliphatic rings. The van der Waals surface area contributed by atoms with E-state index in [1.165, 1.54) is 6.07 Å². The van der Waals surface area contributed by atoms with Crippen LogP contribution in [0.15, 0.2) is 54.6 Å². The number of nitrogens with zero attached hydrogens (tertiary/aromatic N) is 1. The Balaban J connectivity index is 1.83. The van der Waals surface area contributed by atoms with Crippen molar-refractivity contribution in [3.63, 3.8) is 0 Å². The molecule has 0 bridgehead atoms.